The van der Waals surface area contributed by atoms with E-state index in [1.54, 1.807) is 0 Å². The largest absolute Gasteiger partial charge is 0.338 e. The predicted octanol–water partition coefficient (Wildman–Crippen LogP) is 1.60. The molecule has 0 aromatic heterocycles. The Hall–Kier alpha value is -0.770. The highest BCUT2D eigenvalue weighted by Gasteiger charge is 2.19. The molecule has 1 aliphatic rings. The first-order valence-electron chi connectivity index (χ1n) is 6.18. The maximum absolute atomic E-state index is 11.5. The third-order valence-electron chi connectivity index (χ3n) is 2.93. The quantitative estimate of drug-likeness (QED) is 0.671. The number of hydrogen-bond donors (Lipinski definition) is 3. The van der Waals surface area contributed by atoms with Crippen LogP contribution in [0, 0.1) is 5.92 Å². The standard InChI is InChI=1S/C12H25N3O/c1-12(2,3)15-11(16)14-8-9-4-6-10(13)7-5-9/h9-10H,4-8,13H2,1-3H3,(H2,14,15,16). The zero-order valence-corrected chi connectivity index (χ0v) is 10.7. The zero-order valence-electron chi connectivity index (χ0n) is 10.7. The fraction of sp³-hybridized carbons (Fsp3) is 0.917. The van der Waals surface area contributed by atoms with Crippen LogP contribution in [0.15, 0.2) is 0 Å². The number of carbonyl (C=O) groups excluding carboxylic acids is 1. The second-order valence-corrected chi connectivity index (χ2v) is 5.87. The van der Waals surface area contributed by atoms with Gasteiger partial charge in [-0.25, -0.2) is 4.79 Å². The molecule has 2 amide bonds. The van der Waals surface area contributed by atoms with Crippen LogP contribution < -0.4 is 16.4 Å². The van der Waals surface area contributed by atoms with Gasteiger partial charge in [-0.2, -0.15) is 0 Å². The molecule has 4 N–H and O–H groups in total. The van der Waals surface area contributed by atoms with E-state index in [0.29, 0.717) is 12.0 Å². The van der Waals surface area contributed by atoms with Gasteiger partial charge >= 0.3 is 6.03 Å². The number of carbonyl (C=O) groups is 1. The molecule has 0 bridgehead atoms. The molecular weight excluding hydrogens is 202 g/mol. The first-order chi connectivity index (χ1) is 7.37. The molecule has 0 atom stereocenters. The minimum Gasteiger partial charge on any atom is -0.338 e. The Labute approximate surface area is 98.3 Å². The normalized spacial score (nSPS) is 26.2. The molecule has 4 nitrogen and oxygen atoms in total. The lowest BCUT2D eigenvalue weighted by molar-refractivity contribution is 0.226. The molecule has 0 heterocycles. The van der Waals surface area contributed by atoms with Crippen molar-refractivity contribution in [1.82, 2.24) is 10.6 Å². The predicted molar refractivity (Wildman–Crippen MR) is 66.2 cm³/mol. The number of rotatable bonds is 2. The highest BCUT2D eigenvalue weighted by molar-refractivity contribution is 5.74. The van der Waals surface area contributed by atoms with Crippen molar-refractivity contribution in [3.8, 4) is 0 Å². The van der Waals surface area contributed by atoms with E-state index in [1.165, 1.54) is 0 Å². The number of hydrogen-bond acceptors (Lipinski definition) is 2. The minimum absolute atomic E-state index is 0.0672. The first-order valence-corrected chi connectivity index (χ1v) is 6.18. The molecular formula is C12H25N3O. The minimum atomic E-state index is -0.168. The fourth-order valence-electron chi connectivity index (χ4n) is 2.01. The number of nitrogens with one attached hydrogen (secondary N) is 2. The van der Waals surface area contributed by atoms with Crippen molar-refractivity contribution in [2.24, 2.45) is 11.7 Å². The third-order valence-corrected chi connectivity index (χ3v) is 2.93. The van der Waals surface area contributed by atoms with Gasteiger partial charge in [-0.1, -0.05) is 0 Å². The Morgan fingerprint density at radius 1 is 1.25 bits per heavy atom. The molecule has 1 fully saturated rings. The molecule has 0 radical (unpaired) electrons. The van der Waals surface area contributed by atoms with Gasteiger partial charge in [-0.05, 0) is 52.4 Å². The van der Waals surface area contributed by atoms with Gasteiger partial charge in [-0.3, -0.25) is 0 Å². The molecule has 1 aliphatic carbocycles. The highest BCUT2D eigenvalue weighted by Crippen LogP contribution is 2.22. The van der Waals surface area contributed by atoms with Gasteiger partial charge in [0.1, 0.15) is 0 Å². The van der Waals surface area contributed by atoms with E-state index in [-0.39, 0.29) is 11.6 Å². The van der Waals surface area contributed by atoms with Crippen LogP contribution in [0.3, 0.4) is 0 Å². The molecule has 0 spiro atoms. The lowest BCUT2D eigenvalue weighted by Crippen LogP contribution is -2.47. The van der Waals surface area contributed by atoms with Gasteiger partial charge in [0.25, 0.3) is 0 Å². The van der Waals surface area contributed by atoms with Crippen LogP contribution >= 0.6 is 0 Å². The summed E-state index contributed by atoms with van der Waals surface area (Å²) in [5, 5.41) is 5.83. The summed E-state index contributed by atoms with van der Waals surface area (Å²) < 4.78 is 0. The third kappa shape index (κ3) is 5.35. The lowest BCUT2D eigenvalue weighted by Gasteiger charge is -2.27. The summed E-state index contributed by atoms with van der Waals surface area (Å²) in [4.78, 5) is 11.5. The molecule has 94 valence electrons. The first kappa shape index (κ1) is 13.3. The van der Waals surface area contributed by atoms with E-state index in [0.717, 1.165) is 32.2 Å². The molecule has 0 aromatic rings. The van der Waals surface area contributed by atoms with Crippen LogP contribution in [0.1, 0.15) is 46.5 Å². The Balaban J connectivity index is 2.17. The maximum atomic E-state index is 11.5. The van der Waals surface area contributed by atoms with Crippen LogP contribution in [0.4, 0.5) is 4.79 Å². The highest BCUT2D eigenvalue weighted by atomic mass is 16.2. The molecule has 0 unspecified atom stereocenters. The summed E-state index contributed by atoms with van der Waals surface area (Å²) in [5.41, 5.74) is 5.67. The van der Waals surface area contributed by atoms with Crippen molar-refractivity contribution in [3.63, 3.8) is 0 Å². The second kappa shape index (κ2) is 5.53. The molecule has 0 aromatic carbocycles. The van der Waals surface area contributed by atoms with Gasteiger partial charge in [-0.15, -0.1) is 0 Å². The molecule has 1 rings (SSSR count). The van der Waals surface area contributed by atoms with Crippen molar-refractivity contribution in [2.45, 2.75) is 58.0 Å². The summed E-state index contributed by atoms with van der Waals surface area (Å²) in [6, 6.07) is 0.307. The zero-order chi connectivity index (χ0) is 12.2. The molecule has 1 saturated carbocycles. The lowest BCUT2D eigenvalue weighted by atomic mass is 9.86. The average Bonchev–Trinajstić information content (AvgIpc) is 2.14. The number of urea groups is 1. The van der Waals surface area contributed by atoms with E-state index < -0.39 is 0 Å². The van der Waals surface area contributed by atoms with E-state index in [4.69, 9.17) is 5.73 Å². The van der Waals surface area contributed by atoms with Crippen LogP contribution in [-0.4, -0.2) is 24.2 Å². The van der Waals surface area contributed by atoms with Crippen LogP contribution in [0.2, 0.25) is 0 Å². The van der Waals surface area contributed by atoms with E-state index in [1.807, 2.05) is 20.8 Å². The van der Waals surface area contributed by atoms with Gasteiger partial charge < -0.3 is 16.4 Å². The Kier molecular flexibility index (Phi) is 4.59. The number of nitrogens with two attached hydrogens (primary N) is 1. The van der Waals surface area contributed by atoms with Gasteiger partial charge in [0, 0.05) is 18.1 Å². The van der Waals surface area contributed by atoms with E-state index >= 15 is 0 Å². The van der Waals surface area contributed by atoms with E-state index in [2.05, 4.69) is 10.6 Å². The molecule has 4 heteroatoms. The molecule has 0 aliphatic heterocycles. The smallest absolute Gasteiger partial charge is 0.315 e. The Morgan fingerprint density at radius 2 is 1.81 bits per heavy atom. The van der Waals surface area contributed by atoms with Crippen molar-refractivity contribution < 1.29 is 4.79 Å². The molecule has 0 saturated heterocycles. The SMILES string of the molecule is CC(C)(C)NC(=O)NCC1CCC(N)CC1. The monoisotopic (exact) mass is 227 g/mol. The van der Waals surface area contributed by atoms with Crippen LogP contribution in [0.5, 0.6) is 0 Å². The van der Waals surface area contributed by atoms with Crippen LogP contribution in [-0.2, 0) is 0 Å². The number of amides is 2. The maximum Gasteiger partial charge on any atom is 0.315 e. The summed E-state index contributed by atoms with van der Waals surface area (Å²) >= 11 is 0. The van der Waals surface area contributed by atoms with E-state index in [9.17, 15) is 4.79 Å². The fourth-order valence-corrected chi connectivity index (χ4v) is 2.01. The van der Waals surface area contributed by atoms with Crippen molar-refractivity contribution in [1.29, 1.82) is 0 Å². The molecule has 16 heavy (non-hydrogen) atoms. The Morgan fingerprint density at radius 3 is 2.31 bits per heavy atom. The summed E-state index contributed by atoms with van der Waals surface area (Å²) in [7, 11) is 0. The second-order valence-electron chi connectivity index (χ2n) is 5.87. The summed E-state index contributed by atoms with van der Waals surface area (Å²) in [6.07, 6.45) is 4.45. The van der Waals surface area contributed by atoms with Crippen LogP contribution in [0.25, 0.3) is 0 Å². The van der Waals surface area contributed by atoms with Gasteiger partial charge in [0.15, 0.2) is 0 Å². The summed E-state index contributed by atoms with van der Waals surface area (Å²) in [6.45, 7) is 6.71. The average molecular weight is 227 g/mol. The van der Waals surface area contributed by atoms with Gasteiger partial charge in [0.05, 0.1) is 0 Å². The summed E-state index contributed by atoms with van der Waals surface area (Å²) in [5.74, 6) is 0.602. The Bertz CT molecular complexity index is 227. The van der Waals surface area contributed by atoms with Crippen molar-refractivity contribution in [2.75, 3.05) is 6.54 Å². The van der Waals surface area contributed by atoms with Crippen molar-refractivity contribution in [3.05, 3.63) is 0 Å². The topological polar surface area (TPSA) is 67.2 Å². The van der Waals surface area contributed by atoms with Crippen molar-refractivity contribution >= 4 is 6.03 Å². The van der Waals surface area contributed by atoms with Gasteiger partial charge in [0.2, 0.25) is 0 Å².